The zero-order chi connectivity index (χ0) is 16.7. The number of aliphatic hydroxyl groups is 1. The molecule has 2 atom stereocenters. The molecule has 6 heteroatoms. The maximum absolute atomic E-state index is 11.8. The first-order valence-electron chi connectivity index (χ1n) is 8.04. The van der Waals surface area contributed by atoms with E-state index in [2.05, 4.69) is 10.6 Å². The Labute approximate surface area is 135 Å². The van der Waals surface area contributed by atoms with E-state index in [1.807, 2.05) is 0 Å². The molecule has 1 aromatic rings. The fourth-order valence-corrected chi connectivity index (χ4v) is 2.77. The van der Waals surface area contributed by atoms with Gasteiger partial charge in [-0.15, -0.1) is 0 Å². The third-order valence-corrected chi connectivity index (χ3v) is 4.18. The van der Waals surface area contributed by atoms with Gasteiger partial charge in [-0.05, 0) is 30.5 Å². The van der Waals surface area contributed by atoms with Crippen molar-refractivity contribution in [1.82, 2.24) is 10.6 Å². The molecule has 126 valence electrons. The van der Waals surface area contributed by atoms with Gasteiger partial charge in [0.15, 0.2) is 0 Å². The molecule has 2 rings (SSSR count). The molecule has 1 fully saturated rings. The van der Waals surface area contributed by atoms with E-state index in [1.54, 1.807) is 12.1 Å². The first kappa shape index (κ1) is 17.3. The molecule has 1 aliphatic rings. The van der Waals surface area contributed by atoms with Crippen LogP contribution in [-0.2, 0) is 16.0 Å². The number of hydrogen-bond acceptors (Lipinski definition) is 4. The first-order chi connectivity index (χ1) is 11.0. The lowest BCUT2D eigenvalue weighted by atomic mass is 9.86. The van der Waals surface area contributed by atoms with Gasteiger partial charge in [0.25, 0.3) is 0 Å². The maximum atomic E-state index is 11.8. The van der Waals surface area contributed by atoms with Gasteiger partial charge in [-0.1, -0.05) is 25.0 Å². The molecule has 0 radical (unpaired) electrons. The van der Waals surface area contributed by atoms with Crippen molar-refractivity contribution in [3.63, 3.8) is 0 Å². The Morgan fingerprint density at radius 1 is 1.04 bits per heavy atom. The van der Waals surface area contributed by atoms with Gasteiger partial charge in [0, 0.05) is 12.5 Å². The summed E-state index contributed by atoms with van der Waals surface area (Å²) in [6.45, 7) is 0.383. The van der Waals surface area contributed by atoms with E-state index in [4.69, 9.17) is 0 Å². The quantitative estimate of drug-likeness (QED) is 0.620. The molecular weight excluding hydrogens is 296 g/mol. The van der Waals surface area contributed by atoms with Gasteiger partial charge in [-0.2, -0.15) is 0 Å². The molecule has 0 spiro atoms. The molecule has 0 heterocycles. The highest BCUT2D eigenvalue weighted by molar-refractivity contribution is 5.85. The number of phenols is 1. The smallest absolute Gasteiger partial charge is 0.239 e. The summed E-state index contributed by atoms with van der Waals surface area (Å²) < 4.78 is 0. The van der Waals surface area contributed by atoms with Crippen LogP contribution in [0.1, 0.15) is 31.2 Å². The van der Waals surface area contributed by atoms with Crippen molar-refractivity contribution in [2.75, 3.05) is 13.1 Å². The highest BCUT2D eigenvalue weighted by Crippen LogP contribution is 2.23. The number of aliphatic hydroxyl groups excluding tert-OH is 1. The second-order valence-corrected chi connectivity index (χ2v) is 6.04. The molecule has 0 aromatic heterocycles. The monoisotopic (exact) mass is 320 g/mol. The van der Waals surface area contributed by atoms with E-state index >= 15 is 0 Å². The summed E-state index contributed by atoms with van der Waals surface area (Å²) in [5.41, 5.74) is 0.769. The second kappa shape index (κ2) is 8.53. The number of benzene rings is 1. The highest BCUT2D eigenvalue weighted by Gasteiger charge is 2.23. The van der Waals surface area contributed by atoms with Gasteiger partial charge in [-0.3, -0.25) is 9.59 Å². The number of amides is 2. The van der Waals surface area contributed by atoms with E-state index in [0.29, 0.717) is 6.54 Å². The molecule has 0 aliphatic heterocycles. The fourth-order valence-electron chi connectivity index (χ4n) is 2.77. The van der Waals surface area contributed by atoms with Gasteiger partial charge < -0.3 is 20.8 Å². The Balaban J connectivity index is 1.65. The zero-order valence-electron chi connectivity index (χ0n) is 13.1. The van der Waals surface area contributed by atoms with Crippen LogP contribution >= 0.6 is 0 Å². The Morgan fingerprint density at radius 3 is 2.43 bits per heavy atom. The van der Waals surface area contributed by atoms with Crippen molar-refractivity contribution >= 4 is 11.8 Å². The van der Waals surface area contributed by atoms with Gasteiger partial charge in [0.1, 0.15) is 5.75 Å². The summed E-state index contributed by atoms with van der Waals surface area (Å²) >= 11 is 0. The molecular formula is C17H24N2O4. The number of carbonyl (C=O) groups excluding carboxylic acids is 2. The van der Waals surface area contributed by atoms with E-state index in [-0.39, 0.29) is 42.6 Å². The van der Waals surface area contributed by atoms with Crippen LogP contribution in [0.2, 0.25) is 0 Å². The maximum Gasteiger partial charge on any atom is 0.239 e. The highest BCUT2D eigenvalue weighted by atomic mass is 16.3. The summed E-state index contributed by atoms with van der Waals surface area (Å²) in [6, 6.07) is 6.37. The largest absolute Gasteiger partial charge is 0.508 e. The van der Waals surface area contributed by atoms with Crippen molar-refractivity contribution in [3.8, 4) is 5.75 Å². The number of carbonyl (C=O) groups is 2. The van der Waals surface area contributed by atoms with Crippen LogP contribution in [0, 0.1) is 5.92 Å². The molecule has 0 bridgehead atoms. The van der Waals surface area contributed by atoms with Crippen LogP contribution in [-0.4, -0.2) is 41.2 Å². The molecule has 23 heavy (non-hydrogen) atoms. The lowest BCUT2D eigenvalue weighted by Crippen LogP contribution is -2.41. The average Bonchev–Trinajstić information content (AvgIpc) is 2.54. The van der Waals surface area contributed by atoms with Crippen LogP contribution in [0.15, 0.2) is 24.3 Å². The van der Waals surface area contributed by atoms with Gasteiger partial charge >= 0.3 is 0 Å². The molecule has 1 aromatic carbocycles. The zero-order valence-corrected chi connectivity index (χ0v) is 13.1. The van der Waals surface area contributed by atoms with Crippen LogP contribution in [0.4, 0.5) is 0 Å². The second-order valence-electron chi connectivity index (χ2n) is 6.04. The summed E-state index contributed by atoms with van der Waals surface area (Å²) in [5, 5.41) is 24.4. The standard InChI is InChI=1S/C17H24N2O4/c20-14-7-5-12(6-8-14)9-16(22)19-11-17(23)18-10-13-3-1-2-4-15(13)21/h5-8,13,15,20-21H,1-4,9-11H2,(H,18,23)(H,19,22)/t13-,15+/m0/s1. The van der Waals surface area contributed by atoms with Gasteiger partial charge in [0.2, 0.25) is 11.8 Å². The molecule has 1 aliphatic carbocycles. The minimum atomic E-state index is -0.340. The number of rotatable bonds is 6. The van der Waals surface area contributed by atoms with E-state index in [9.17, 15) is 19.8 Å². The molecule has 1 saturated carbocycles. The first-order valence-corrected chi connectivity index (χ1v) is 8.04. The molecule has 4 N–H and O–H groups in total. The summed E-state index contributed by atoms with van der Waals surface area (Å²) in [6.07, 6.45) is 3.67. The lowest BCUT2D eigenvalue weighted by molar-refractivity contribution is -0.126. The minimum Gasteiger partial charge on any atom is -0.508 e. The van der Waals surface area contributed by atoms with Gasteiger partial charge in [0.05, 0.1) is 19.1 Å². The van der Waals surface area contributed by atoms with Crippen molar-refractivity contribution < 1.29 is 19.8 Å². The third-order valence-electron chi connectivity index (χ3n) is 4.18. The summed E-state index contributed by atoms with van der Waals surface area (Å²) in [7, 11) is 0. The predicted molar refractivity (Wildman–Crippen MR) is 85.8 cm³/mol. The normalized spacial score (nSPS) is 20.7. The number of hydrogen-bond donors (Lipinski definition) is 4. The van der Waals surface area contributed by atoms with Crippen molar-refractivity contribution in [2.45, 2.75) is 38.2 Å². The predicted octanol–water partition coefficient (Wildman–Crippen LogP) is 0.718. The Morgan fingerprint density at radius 2 is 1.74 bits per heavy atom. The van der Waals surface area contributed by atoms with E-state index < -0.39 is 0 Å². The summed E-state index contributed by atoms with van der Waals surface area (Å²) in [5.74, 6) is -0.232. The topological polar surface area (TPSA) is 98.7 Å². The fraction of sp³-hybridized carbons (Fsp3) is 0.529. The molecule has 2 amide bonds. The molecule has 0 saturated heterocycles. The lowest BCUT2D eigenvalue weighted by Gasteiger charge is -2.27. The van der Waals surface area contributed by atoms with Crippen molar-refractivity contribution in [1.29, 1.82) is 0 Å². The van der Waals surface area contributed by atoms with Crippen LogP contribution < -0.4 is 10.6 Å². The Bertz CT molecular complexity index is 530. The van der Waals surface area contributed by atoms with Gasteiger partial charge in [-0.25, -0.2) is 0 Å². The van der Waals surface area contributed by atoms with Crippen LogP contribution in [0.5, 0.6) is 5.75 Å². The SMILES string of the molecule is O=C(CNC(=O)Cc1ccc(O)cc1)NC[C@@H]1CCCC[C@H]1O. The van der Waals surface area contributed by atoms with E-state index in [1.165, 1.54) is 12.1 Å². The molecule has 0 unspecified atom stereocenters. The minimum absolute atomic E-state index is 0.0697. The molecule has 6 nitrogen and oxygen atoms in total. The van der Waals surface area contributed by atoms with Crippen LogP contribution in [0.3, 0.4) is 0 Å². The van der Waals surface area contributed by atoms with Crippen molar-refractivity contribution in [2.24, 2.45) is 5.92 Å². The number of phenolic OH excluding ortho intramolecular Hbond substituents is 1. The van der Waals surface area contributed by atoms with Crippen LogP contribution in [0.25, 0.3) is 0 Å². The number of aromatic hydroxyl groups is 1. The average molecular weight is 320 g/mol. The third kappa shape index (κ3) is 5.90. The van der Waals surface area contributed by atoms with Crippen molar-refractivity contribution in [3.05, 3.63) is 29.8 Å². The number of nitrogens with one attached hydrogen (secondary N) is 2. The summed E-state index contributed by atoms with van der Waals surface area (Å²) in [4.78, 5) is 23.5. The Hall–Kier alpha value is -2.08. The Kier molecular flexibility index (Phi) is 6.40. The van der Waals surface area contributed by atoms with E-state index in [0.717, 1.165) is 31.2 Å².